The van der Waals surface area contributed by atoms with Gasteiger partial charge in [0, 0.05) is 37.3 Å². The molecule has 0 aliphatic carbocycles. The summed E-state index contributed by atoms with van der Waals surface area (Å²) in [6.07, 6.45) is 1.00. The molecule has 0 atom stereocenters. The van der Waals surface area contributed by atoms with Gasteiger partial charge in [-0.05, 0) is 0 Å². The number of carbonyl (C=O) groups is 2. The predicted molar refractivity (Wildman–Crippen MR) is 63.0 cm³/mol. The highest BCUT2D eigenvalue weighted by Crippen LogP contribution is 2.14. The Labute approximate surface area is 104 Å². The fourth-order valence-corrected chi connectivity index (χ4v) is 1.88. The Kier molecular flexibility index (Phi) is 3.93. The summed E-state index contributed by atoms with van der Waals surface area (Å²) in [5.41, 5.74) is 2.32. The van der Waals surface area contributed by atoms with Gasteiger partial charge in [0.05, 0.1) is 13.5 Å². The quantitative estimate of drug-likeness (QED) is 0.619. The molecule has 2 heterocycles. The molecular weight excluding hydrogens is 236 g/mol. The van der Waals surface area contributed by atoms with Gasteiger partial charge >= 0.3 is 5.97 Å². The van der Waals surface area contributed by atoms with Crippen molar-refractivity contribution in [1.82, 2.24) is 20.8 Å². The number of hydrogen-bond donors (Lipinski definition) is 3. The minimum Gasteiger partial charge on any atom is -0.469 e. The Morgan fingerprint density at radius 2 is 2.33 bits per heavy atom. The SMILES string of the molecule is COC(=O)CCNC(=O)c1n[nH]c2c1CNCC2. The first-order valence-corrected chi connectivity index (χ1v) is 5.84. The van der Waals surface area contributed by atoms with Gasteiger partial charge in [-0.25, -0.2) is 0 Å². The first-order chi connectivity index (χ1) is 8.72. The number of H-pyrrole nitrogens is 1. The number of aromatic nitrogens is 2. The van der Waals surface area contributed by atoms with Crippen LogP contribution in [0.4, 0.5) is 0 Å². The molecule has 3 N–H and O–H groups in total. The number of ether oxygens (including phenoxy) is 1. The van der Waals surface area contributed by atoms with Crippen molar-refractivity contribution in [1.29, 1.82) is 0 Å². The van der Waals surface area contributed by atoms with Gasteiger partial charge in [-0.1, -0.05) is 0 Å². The van der Waals surface area contributed by atoms with Crippen molar-refractivity contribution in [2.75, 3.05) is 20.2 Å². The van der Waals surface area contributed by atoms with E-state index in [-0.39, 0.29) is 24.8 Å². The van der Waals surface area contributed by atoms with E-state index in [0.29, 0.717) is 12.2 Å². The summed E-state index contributed by atoms with van der Waals surface area (Å²) in [6.45, 7) is 1.78. The molecular formula is C11H16N4O3. The Morgan fingerprint density at radius 1 is 1.50 bits per heavy atom. The summed E-state index contributed by atoms with van der Waals surface area (Å²) in [4.78, 5) is 22.8. The Balaban J connectivity index is 1.93. The van der Waals surface area contributed by atoms with Gasteiger partial charge in [0.15, 0.2) is 5.69 Å². The lowest BCUT2D eigenvalue weighted by Crippen LogP contribution is -2.29. The molecule has 0 unspecified atom stereocenters. The lowest BCUT2D eigenvalue weighted by atomic mass is 10.1. The first-order valence-electron chi connectivity index (χ1n) is 5.84. The van der Waals surface area contributed by atoms with Crippen molar-refractivity contribution < 1.29 is 14.3 Å². The second-order valence-electron chi connectivity index (χ2n) is 4.04. The molecule has 7 nitrogen and oxygen atoms in total. The monoisotopic (exact) mass is 252 g/mol. The molecule has 0 bridgehead atoms. The molecule has 0 aromatic carbocycles. The maximum absolute atomic E-state index is 11.9. The number of esters is 1. The van der Waals surface area contributed by atoms with Crippen LogP contribution in [0.2, 0.25) is 0 Å². The number of nitrogens with one attached hydrogen (secondary N) is 3. The van der Waals surface area contributed by atoms with Crippen LogP contribution in [0.15, 0.2) is 0 Å². The van der Waals surface area contributed by atoms with Crippen molar-refractivity contribution in [3.63, 3.8) is 0 Å². The number of aromatic amines is 1. The van der Waals surface area contributed by atoms with Crippen LogP contribution >= 0.6 is 0 Å². The normalized spacial score (nSPS) is 13.8. The van der Waals surface area contributed by atoms with E-state index in [2.05, 4.69) is 25.6 Å². The molecule has 0 radical (unpaired) electrons. The van der Waals surface area contributed by atoms with E-state index in [1.165, 1.54) is 7.11 Å². The van der Waals surface area contributed by atoms with Crippen LogP contribution in [0.1, 0.15) is 28.2 Å². The standard InChI is InChI=1S/C11H16N4O3/c1-18-9(16)3-5-13-11(17)10-7-6-12-4-2-8(7)14-15-10/h12H,2-6H2,1H3,(H,13,17)(H,14,15). The Hall–Kier alpha value is -1.89. The maximum atomic E-state index is 11.9. The summed E-state index contributed by atoms with van der Waals surface area (Å²) in [7, 11) is 1.32. The highest BCUT2D eigenvalue weighted by Gasteiger charge is 2.21. The zero-order valence-electron chi connectivity index (χ0n) is 10.2. The number of carbonyl (C=O) groups excluding carboxylic acids is 2. The zero-order valence-corrected chi connectivity index (χ0v) is 10.2. The van der Waals surface area contributed by atoms with Crippen LogP contribution in [-0.2, 0) is 22.5 Å². The van der Waals surface area contributed by atoms with E-state index in [1.54, 1.807) is 0 Å². The predicted octanol–water partition coefficient (Wildman–Crippen LogP) is -0.652. The molecule has 0 spiro atoms. The van der Waals surface area contributed by atoms with Gasteiger partial charge < -0.3 is 15.4 Å². The minimum absolute atomic E-state index is 0.160. The molecule has 1 aromatic rings. The second kappa shape index (κ2) is 5.63. The highest BCUT2D eigenvalue weighted by atomic mass is 16.5. The summed E-state index contributed by atoms with van der Waals surface area (Å²) >= 11 is 0. The van der Waals surface area contributed by atoms with Crippen molar-refractivity contribution >= 4 is 11.9 Å². The van der Waals surface area contributed by atoms with E-state index in [4.69, 9.17) is 0 Å². The molecule has 1 aromatic heterocycles. The molecule has 98 valence electrons. The Morgan fingerprint density at radius 3 is 3.11 bits per heavy atom. The second-order valence-corrected chi connectivity index (χ2v) is 4.04. The summed E-state index contributed by atoms with van der Waals surface area (Å²) in [5.74, 6) is -0.610. The van der Waals surface area contributed by atoms with E-state index in [1.807, 2.05) is 0 Å². The molecule has 0 saturated heterocycles. The smallest absolute Gasteiger partial charge is 0.307 e. The topological polar surface area (TPSA) is 96.1 Å². The summed E-state index contributed by atoms with van der Waals surface area (Å²) < 4.78 is 4.49. The number of fused-ring (bicyclic) bond motifs is 1. The molecule has 0 saturated carbocycles. The number of hydrogen-bond acceptors (Lipinski definition) is 5. The number of amides is 1. The zero-order chi connectivity index (χ0) is 13.0. The first kappa shape index (κ1) is 12.6. The molecule has 0 fully saturated rings. The average molecular weight is 252 g/mol. The molecule has 1 aliphatic rings. The number of rotatable bonds is 4. The molecule has 1 aliphatic heterocycles. The third-order valence-electron chi connectivity index (χ3n) is 2.86. The van der Waals surface area contributed by atoms with Crippen LogP contribution < -0.4 is 10.6 Å². The van der Waals surface area contributed by atoms with Crippen molar-refractivity contribution in [2.45, 2.75) is 19.4 Å². The maximum Gasteiger partial charge on any atom is 0.307 e. The third kappa shape index (κ3) is 2.67. The van der Waals surface area contributed by atoms with Gasteiger partial charge in [-0.15, -0.1) is 0 Å². The van der Waals surface area contributed by atoms with E-state index >= 15 is 0 Å². The van der Waals surface area contributed by atoms with Crippen molar-refractivity contribution in [3.05, 3.63) is 17.0 Å². The summed E-state index contributed by atoms with van der Waals surface area (Å²) in [5, 5.41) is 12.7. The lowest BCUT2D eigenvalue weighted by molar-refractivity contribution is -0.140. The van der Waals surface area contributed by atoms with Crippen LogP contribution in [0, 0.1) is 0 Å². The van der Waals surface area contributed by atoms with E-state index in [0.717, 1.165) is 24.2 Å². The van der Waals surface area contributed by atoms with Crippen LogP contribution in [-0.4, -0.2) is 42.3 Å². The molecule has 2 rings (SSSR count). The fourth-order valence-electron chi connectivity index (χ4n) is 1.88. The largest absolute Gasteiger partial charge is 0.469 e. The minimum atomic E-state index is -0.346. The van der Waals surface area contributed by atoms with Crippen LogP contribution in [0.3, 0.4) is 0 Å². The lowest BCUT2D eigenvalue weighted by Gasteiger charge is -2.12. The van der Waals surface area contributed by atoms with Crippen molar-refractivity contribution in [3.8, 4) is 0 Å². The van der Waals surface area contributed by atoms with Gasteiger partial charge in [-0.3, -0.25) is 14.7 Å². The van der Waals surface area contributed by atoms with Crippen LogP contribution in [0.5, 0.6) is 0 Å². The molecule has 7 heteroatoms. The number of methoxy groups -OCH3 is 1. The number of nitrogens with zero attached hydrogens (tertiary/aromatic N) is 1. The summed E-state index contributed by atoms with van der Waals surface area (Å²) in [6, 6.07) is 0. The van der Waals surface area contributed by atoms with Gasteiger partial charge in [0.1, 0.15) is 0 Å². The van der Waals surface area contributed by atoms with Gasteiger partial charge in [0.25, 0.3) is 5.91 Å². The van der Waals surface area contributed by atoms with E-state index in [9.17, 15) is 9.59 Å². The van der Waals surface area contributed by atoms with Crippen molar-refractivity contribution in [2.24, 2.45) is 0 Å². The fraction of sp³-hybridized carbons (Fsp3) is 0.545. The van der Waals surface area contributed by atoms with Crippen LogP contribution in [0.25, 0.3) is 0 Å². The average Bonchev–Trinajstić information content (AvgIpc) is 2.82. The molecule has 18 heavy (non-hydrogen) atoms. The van der Waals surface area contributed by atoms with Gasteiger partial charge in [-0.2, -0.15) is 5.10 Å². The third-order valence-corrected chi connectivity index (χ3v) is 2.86. The highest BCUT2D eigenvalue weighted by molar-refractivity contribution is 5.94. The van der Waals surface area contributed by atoms with Gasteiger partial charge in [0.2, 0.25) is 0 Å². The Bertz CT molecular complexity index is 455. The van der Waals surface area contributed by atoms with E-state index < -0.39 is 0 Å². The molecule has 1 amide bonds.